The molecule has 58 heavy (non-hydrogen) atoms. The van der Waals surface area contributed by atoms with Crippen molar-refractivity contribution >= 4 is 23.3 Å². The zero-order chi connectivity index (χ0) is 42.0. The summed E-state index contributed by atoms with van der Waals surface area (Å²) in [5.74, 6) is -4.79. The molecule has 13 atom stereocenters. The number of hydrogen-bond acceptors (Lipinski definition) is 16. The molecule has 0 spiro atoms. The minimum Gasteiger partial charge on any atom is -0.507 e. The molecule has 10 unspecified atom stereocenters. The van der Waals surface area contributed by atoms with Gasteiger partial charge in [0.2, 0.25) is 5.78 Å². The zero-order valence-corrected chi connectivity index (χ0v) is 33.4. The minimum absolute atomic E-state index is 0.0221. The van der Waals surface area contributed by atoms with E-state index in [0.29, 0.717) is 0 Å². The summed E-state index contributed by atoms with van der Waals surface area (Å²) in [5, 5.41) is 45.8. The molecule has 2 fully saturated rings. The second-order valence-corrected chi connectivity index (χ2v) is 16.0. The van der Waals surface area contributed by atoms with Crippen LogP contribution in [0.1, 0.15) is 108 Å². The first kappa shape index (κ1) is 42.0. The van der Waals surface area contributed by atoms with E-state index in [-0.39, 0.29) is 70.9 Å². The van der Waals surface area contributed by atoms with Crippen LogP contribution in [-0.2, 0) is 42.7 Å². The summed E-state index contributed by atoms with van der Waals surface area (Å²) in [4.78, 5) is 54.9. The molecule has 2 aromatic rings. The Bertz CT molecular complexity index is 1990. The van der Waals surface area contributed by atoms with Crippen molar-refractivity contribution in [3.8, 4) is 11.5 Å². The Hall–Kier alpha value is -4.10. The standard InChI is InChI=1S/C42H51NO15/c1-8-42(51)17-28(33-22(35(42)41(50)52-7)14-23-34(38(33)49)37(48)32-21(36(23)47)10-9-11-26(32)45)56-30-15-24(43(5)6)39(19(3)54-30)58-31-16-27(46)40(20(4)55-31)57-29-13-12-25(44)18(2)53-29/h9-14,18-20,24,27-31,35,39-40,45-46,49,51H,8,15-17H2,1-7H3/t18?,19?,20?,24?,27?,28-,29?,30?,31?,35-,39?,40?,42+/m0/s1. The van der Waals surface area contributed by atoms with Gasteiger partial charge >= 0.3 is 5.97 Å². The molecule has 7 rings (SSSR count). The number of phenols is 2. The van der Waals surface area contributed by atoms with E-state index >= 15 is 0 Å². The lowest BCUT2D eigenvalue weighted by atomic mass is 9.67. The lowest BCUT2D eigenvalue weighted by molar-refractivity contribution is -0.320. The van der Waals surface area contributed by atoms with Crippen LogP contribution < -0.4 is 0 Å². The number of fused-ring (bicyclic) bond motifs is 3. The van der Waals surface area contributed by atoms with E-state index in [1.807, 2.05) is 19.0 Å². The van der Waals surface area contributed by atoms with Crippen LogP contribution >= 0.6 is 0 Å². The molecule has 4 N–H and O–H groups in total. The maximum atomic E-state index is 13.9. The third kappa shape index (κ3) is 7.39. The second kappa shape index (κ2) is 16.2. The smallest absolute Gasteiger partial charge is 0.316 e. The van der Waals surface area contributed by atoms with Crippen molar-refractivity contribution < 1.29 is 72.8 Å². The molecule has 0 radical (unpaired) electrons. The Morgan fingerprint density at radius 1 is 0.914 bits per heavy atom. The van der Waals surface area contributed by atoms with Gasteiger partial charge in [0.05, 0.1) is 48.3 Å². The van der Waals surface area contributed by atoms with Gasteiger partial charge in [-0.2, -0.15) is 0 Å². The normalized spacial score (nSPS) is 36.0. The van der Waals surface area contributed by atoms with Crippen LogP contribution in [0, 0.1) is 0 Å². The van der Waals surface area contributed by atoms with Gasteiger partial charge in [-0.15, -0.1) is 0 Å². The van der Waals surface area contributed by atoms with Crippen LogP contribution in [0.15, 0.2) is 36.4 Å². The Morgan fingerprint density at radius 2 is 1.60 bits per heavy atom. The van der Waals surface area contributed by atoms with Gasteiger partial charge in [-0.1, -0.05) is 19.1 Å². The van der Waals surface area contributed by atoms with Gasteiger partial charge in [-0.05, 0) is 71.1 Å². The van der Waals surface area contributed by atoms with Crippen LogP contribution in [0.25, 0.3) is 0 Å². The Morgan fingerprint density at radius 3 is 2.24 bits per heavy atom. The van der Waals surface area contributed by atoms with Gasteiger partial charge in [0.15, 0.2) is 30.4 Å². The summed E-state index contributed by atoms with van der Waals surface area (Å²) in [5.41, 5.74) is -2.52. The molecule has 2 aromatic carbocycles. The van der Waals surface area contributed by atoms with Gasteiger partial charge in [0.1, 0.15) is 35.7 Å². The number of carbonyl (C=O) groups is 4. The number of methoxy groups -OCH3 is 1. The van der Waals surface area contributed by atoms with Gasteiger partial charge in [0, 0.05) is 42.0 Å². The highest BCUT2D eigenvalue weighted by atomic mass is 16.7. The van der Waals surface area contributed by atoms with Gasteiger partial charge in [-0.25, -0.2) is 0 Å². The number of benzene rings is 2. The van der Waals surface area contributed by atoms with E-state index in [2.05, 4.69) is 0 Å². The highest BCUT2D eigenvalue weighted by molar-refractivity contribution is 6.30. The molecule has 16 heteroatoms. The molecule has 3 heterocycles. The molecular weight excluding hydrogens is 758 g/mol. The fourth-order valence-corrected chi connectivity index (χ4v) is 9.02. The van der Waals surface area contributed by atoms with E-state index in [1.165, 1.54) is 43.5 Å². The summed E-state index contributed by atoms with van der Waals surface area (Å²) in [6.45, 7) is 6.87. The molecule has 0 aromatic heterocycles. The van der Waals surface area contributed by atoms with E-state index in [4.69, 9.17) is 33.2 Å². The molecule has 3 aliphatic heterocycles. The highest BCUT2D eigenvalue weighted by Crippen LogP contribution is 2.54. The maximum absolute atomic E-state index is 13.9. The SMILES string of the molecule is CC[C@@]1(O)C[C@H](OC2CC(N(C)C)C(OC3CC(O)C(OC4C=CC(=O)C(C)O4)C(C)O3)C(C)O2)c2c(cc3c(c2O)C(=O)c2c(O)cccc2C3=O)[C@H]1C(=O)OC. The topological polar surface area (TPSA) is 217 Å². The number of rotatable bonds is 9. The van der Waals surface area contributed by atoms with Gasteiger partial charge in [0.25, 0.3) is 0 Å². The maximum Gasteiger partial charge on any atom is 0.316 e. The average Bonchev–Trinajstić information content (AvgIpc) is 3.17. The number of hydrogen-bond donors (Lipinski definition) is 4. The van der Waals surface area contributed by atoms with Crippen LogP contribution in [0.4, 0.5) is 0 Å². The Labute approximate surface area is 335 Å². The number of aliphatic hydroxyl groups is 2. The lowest BCUT2D eigenvalue weighted by Gasteiger charge is -2.48. The average molecular weight is 810 g/mol. The van der Waals surface area contributed by atoms with E-state index < -0.39 is 102 Å². The molecule has 2 saturated heterocycles. The number of carbonyl (C=O) groups excluding carboxylic acids is 4. The number of ether oxygens (including phenoxy) is 7. The number of aromatic hydroxyl groups is 2. The van der Waals surface area contributed by atoms with Crippen molar-refractivity contribution in [3.63, 3.8) is 0 Å². The molecular formula is C42H51NO15. The summed E-state index contributed by atoms with van der Waals surface area (Å²) in [6, 6.07) is 5.09. The largest absolute Gasteiger partial charge is 0.507 e. The first-order chi connectivity index (χ1) is 27.5. The monoisotopic (exact) mass is 809 g/mol. The van der Waals surface area contributed by atoms with Crippen molar-refractivity contribution in [2.24, 2.45) is 0 Å². The van der Waals surface area contributed by atoms with Crippen LogP contribution in [0.5, 0.6) is 11.5 Å². The van der Waals surface area contributed by atoms with Gasteiger partial charge in [-0.3, -0.25) is 19.2 Å². The van der Waals surface area contributed by atoms with E-state index in [1.54, 1.807) is 27.7 Å². The van der Waals surface area contributed by atoms with Crippen molar-refractivity contribution in [2.75, 3.05) is 21.2 Å². The van der Waals surface area contributed by atoms with Crippen LogP contribution in [0.3, 0.4) is 0 Å². The Kier molecular flexibility index (Phi) is 11.7. The van der Waals surface area contributed by atoms with Crippen molar-refractivity contribution in [2.45, 2.75) is 133 Å². The molecule has 5 aliphatic rings. The van der Waals surface area contributed by atoms with Crippen LogP contribution in [0.2, 0.25) is 0 Å². The number of nitrogens with zero attached hydrogens (tertiary/aromatic N) is 1. The number of ketones is 3. The molecule has 314 valence electrons. The molecule has 16 nitrogen and oxygen atoms in total. The van der Waals surface area contributed by atoms with E-state index in [9.17, 15) is 39.6 Å². The molecule has 0 bridgehead atoms. The Balaban J connectivity index is 1.14. The first-order valence-electron chi connectivity index (χ1n) is 19.6. The quantitative estimate of drug-likeness (QED) is 0.229. The number of phenolic OH excluding ortho intramolecular Hbond substituents is 2. The third-order valence-corrected chi connectivity index (χ3v) is 12.1. The predicted molar refractivity (Wildman–Crippen MR) is 201 cm³/mol. The fraction of sp³-hybridized carbons (Fsp3) is 0.571. The molecule has 0 saturated carbocycles. The number of esters is 1. The van der Waals surface area contributed by atoms with Crippen molar-refractivity contribution in [1.82, 2.24) is 4.90 Å². The first-order valence-corrected chi connectivity index (χ1v) is 19.6. The second-order valence-electron chi connectivity index (χ2n) is 16.0. The highest BCUT2D eigenvalue weighted by Gasteiger charge is 2.53. The zero-order valence-electron chi connectivity index (χ0n) is 33.4. The summed E-state index contributed by atoms with van der Waals surface area (Å²) in [6.07, 6.45) is -4.94. The van der Waals surface area contributed by atoms with Crippen molar-refractivity contribution in [3.05, 3.63) is 69.8 Å². The molecule has 0 amide bonds. The predicted octanol–water partition coefficient (Wildman–Crippen LogP) is 2.93. The van der Waals surface area contributed by atoms with Crippen molar-refractivity contribution in [1.29, 1.82) is 0 Å². The molecule has 2 aliphatic carbocycles. The number of likely N-dealkylation sites (N-methyl/N-ethyl adjacent to an activating group) is 1. The van der Waals surface area contributed by atoms with Crippen LogP contribution in [-0.4, -0.2) is 137 Å². The van der Waals surface area contributed by atoms with E-state index in [0.717, 1.165) is 0 Å². The lowest BCUT2D eigenvalue weighted by Crippen LogP contribution is -2.58. The number of aliphatic hydroxyl groups excluding tert-OH is 1. The fourth-order valence-electron chi connectivity index (χ4n) is 9.02. The summed E-state index contributed by atoms with van der Waals surface area (Å²) >= 11 is 0. The van der Waals surface area contributed by atoms with Gasteiger partial charge < -0.3 is 58.5 Å². The third-order valence-electron chi connectivity index (χ3n) is 12.1. The minimum atomic E-state index is -1.76. The summed E-state index contributed by atoms with van der Waals surface area (Å²) in [7, 11) is 4.90. The summed E-state index contributed by atoms with van der Waals surface area (Å²) < 4.78 is 42.4.